The molecule has 0 unspecified atom stereocenters. The monoisotopic (exact) mass is 166 g/mol. The molecule has 11 heavy (non-hydrogen) atoms. The molecule has 0 atom stereocenters. The summed E-state index contributed by atoms with van der Waals surface area (Å²) in [5.74, 6) is 0. The molecule has 0 fully saturated rings. The normalized spacial score (nSPS) is 15.9. The first-order valence-electron chi connectivity index (χ1n) is 3.97. The van der Waals surface area contributed by atoms with Crippen LogP contribution in [0, 0.1) is 0 Å². The summed E-state index contributed by atoms with van der Waals surface area (Å²) in [5.41, 5.74) is 4.54. The largest absolute Gasteiger partial charge is 0.125 e. The van der Waals surface area contributed by atoms with Gasteiger partial charge in [0.25, 0.3) is 0 Å². The third-order valence-electron chi connectivity index (χ3n) is 1.97. The smallest absolute Gasteiger partial charge is 0.0297 e. The minimum atomic E-state index is 1.09. The highest BCUT2D eigenvalue weighted by atomic mass is 32.2. The second kappa shape index (κ2) is 4.48. The van der Waals surface area contributed by atoms with E-state index in [9.17, 15) is 0 Å². The van der Waals surface area contributed by atoms with Crippen LogP contribution in [0.25, 0.3) is 0 Å². The molecule has 0 N–H and O–H groups in total. The van der Waals surface area contributed by atoms with Crippen molar-refractivity contribution in [1.29, 1.82) is 0 Å². The Balaban J connectivity index is 2.46. The van der Waals surface area contributed by atoms with Gasteiger partial charge in [-0.25, -0.2) is 0 Å². The molecule has 0 heterocycles. The standard InChI is InChI=1S/C10H14S/c1-3-10(11-2)8-9-6-4-5-7-9/h6H,1,4-5,7-8H2,2H3. The zero-order chi connectivity index (χ0) is 8.10. The second-order valence-corrected chi connectivity index (χ2v) is 3.64. The van der Waals surface area contributed by atoms with Crippen molar-refractivity contribution in [2.75, 3.05) is 6.26 Å². The lowest BCUT2D eigenvalue weighted by molar-refractivity contribution is 0.892. The topological polar surface area (TPSA) is 0 Å². The van der Waals surface area contributed by atoms with Gasteiger partial charge in [0.2, 0.25) is 0 Å². The summed E-state index contributed by atoms with van der Waals surface area (Å²) >= 11 is 1.76. The Hall–Kier alpha value is -0.390. The molecule has 0 radical (unpaired) electrons. The quantitative estimate of drug-likeness (QED) is 0.456. The van der Waals surface area contributed by atoms with Crippen LogP contribution in [-0.4, -0.2) is 6.26 Å². The van der Waals surface area contributed by atoms with Crippen LogP contribution < -0.4 is 0 Å². The fourth-order valence-corrected chi connectivity index (χ4v) is 1.79. The van der Waals surface area contributed by atoms with Gasteiger partial charge in [-0.15, -0.1) is 17.5 Å². The lowest BCUT2D eigenvalue weighted by Gasteiger charge is -2.00. The maximum Gasteiger partial charge on any atom is 0.0297 e. The maximum atomic E-state index is 3.66. The van der Waals surface area contributed by atoms with Crippen LogP contribution in [-0.2, 0) is 0 Å². The molecule has 0 aromatic carbocycles. The molecule has 0 amide bonds. The summed E-state index contributed by atoms with van der Waals surface area (Å²) < 4.78 is 0. The van der Waals surface area contributed by atoms with Gasteiger partial charge in [0.15, 0.2) is 0 Å². The van der Waals surface area contributed by atoms with Crippen LogP contribution >= 0.6 is 11.8 Å². The number of rotatable bonds is 3. The average Bonchev–Trinajstić information content (AvgIpc) is 2.52. The van der Waals surface area contributed by atoms with Gasteiger partial charge in [-0.2, -0.15) is 0 Å². The summed E-state index contributed by atoms with van der Waals surface area (Å²) in [7, 11) is 0. The van der Waals surface area contributed by atoms with Crippen LogP contribution in [0.15, 0.2) is 28.9 Å². The number of hydrogen-bond donors (Lipinski definition) is 0. The molecule has 0 nitrogen and oxygen atoms in total. The Labute approximate surface area is 73.1 Å². The minimum Gasteiger partial charge on any atom is -0.125 e. The lowest BCUT2D eigenvalue weighted by Crippen LogP contribution is -1.79. The molecule has 1 rings (SSSR count). The van der Waals surface area contributed by atoms with Crippen molar-refractivity contribution in [3.63, 3.8) is 0 Å². The zero-order valence-corrected chi connectivity index (χ0v) is 7.84. The molecular formula is C10H14S. The van der Waals surface area contributed by atoms with Crippen LogP contribution in [0.5, 0.6) is 0 Å². The van der Waals surface area contributed by atoms with E-state index in [1.807, 2.05) is 0 Å². The molecule has 0 saturated carbocycles. The van der Waals surface area contributed by atoms with Gasteiger partial charge < -0.3 is 0 Å². The van der Waals surface area contributed by atoms with Crippen molar-refractivity contribution in [3.8, 4) is 0 Å². The van der Waals surface area contributed by atoms with Crippen LogP contribution in [0.1, 0.15) is 25.7 Å². The molecule has 0 bridgehead atoms. The highest BCUT2D eigenvalue weighted by molar-refractivity contribution is 8.02. The van der Waals surface area contributed by atoms with E-state index in [4.69, 9.17) is 0 Å². The first-order valence-corrected chi connectivity index (χ1v) is 5.20. The highest BCUT2D eigenvalue weighted by Gasteiger charge is 2.05. The predicted octanol–water partition coefficient (Wildman–Crippen LogP) is 3.52. The summed E-state index contributed by atoms with van der Waals surface area (Å²) in [6.45, 7) is 3.66. The molecule has 0 spiro atoms. The first-order chi connectivity index (χ1) is 5.36. The lowest BCUT2D eigenvalue weighted by atomic mass is 10.2. The van der Waals surface area contributed by atoms with Gasteiger partial charge in [-0.3, -0.25) is 0 Å². The van der Waals surface area contributed by atoms with E-state index in [0.717, 1.165) is 6.42 Å². The Kier molecular flexibility index (Phi) is 3.55. The molecule has 0 aliphatic heterocycles. The van der Waals surface area contributed by atoms with Crippen molar-refractivity contribution in [2.24, 2.45) is 0 Å². The third kappa shape index (κ3) is 2.61. The van der Waals surface area contributed by atoms with Crippen molar-refractivity contribution >= 4 is 11.8 Å². The SMILES string of the molecule is C=C=C(CC1=CCCC1)SC. The number of thioether (sulfide) groups is 1. The molecule has 0 aromatic rings. The highest BCUT2D eigenvalue weighted by Crippen LogP contribution is 2.27. The van der Waals surface area contributed by atoms with Gasteiger partial charge in [0.05, 0.1) is 0 Å². The minimum absolute atomic E-state index is 1.09. The number of hydrogen-bond acceptors (Lipinski definition) is 1. The predicted molar refractivity (Wildman–Crippen MR) is 52.7 cm³/mol. The summed E-state index contributed by atoms with van der Waals surface area (Å²) in [5, 5.41) is 0. The fourth-order valence-electron chi connectivity index (χ4n) is 1.31. The van der Waals surface area contributed by atoms with E-state index in [-0.39, 0.29) is 0 Å². The summed E-state index contributed by atoms with van der Waals surface area (Å²) in [6, 6.07) is 0. The molecule has 1 aliphatic rings. The molecule has 1 aliphatic carbocycles. The summed E-state index contributed by atoms with van der Waals surface area (Å²) in [4.78, 5) is 1.28. The molecule has 0 aromatic heterocycles. The van der Waals surface area contributed by atoms with Gasteiger partial charge >= 0.3 is 0 Å². The van der Waals surface area contributed by atoms with Gasteiger partial charge in [-0.05, 0) is 25.5 Å². The fraction of sp³-hybridized carbons (Fsp3) is 0.500. The van der Waals surface area contributed by atoms with Crippen LogP contribution in [0.3, 0.4) is 0 Å². The molecule has 1 heteroatoms. The van der Waals surface area contributed by atoms with E-state index in [1.54, 1.807) is 17.3 Å². The van der Waals surface area contributed by atoms with Crippen molar-refractivity contribution < 1.29 is 0 Å². The van der Waals surface area contributed by atoms with E-state index < -0.39 is 0 Å². The Morgan fingerprint density at radius 1 is 1.82 bits per heavy atom. The first kappa shape index (κ1) is 8.70. The summed E-state index contributed by atoms with van der Waals surface area (Å²) in [6.07, 6.45) is 9.43. The molecular weight excluding hydrogens is 152 g/mol. The van der Waals surface area contributed by atoms with Gasteiger partial charge in [0.1, 0.15) is 0 Å². The van der Waals surface area contributed by atoms with Crippen LogP contribution in [0.4, 0.5) is 0 Å². The van der Waals surface area contributed by atoms with E-state index in [0.29, 0.717) is 0 Å². The molecule has 0 saturated heterocycles. The second-order valence-electron chi connectivity index (χ2n) is 2.74. The Bertz CT molecular complexity index is 207. The zero-order valence-electron chi connectivity index (χ0n) is 7.02. The van der Waals surface area contributed by atoms with Crippen molar-refractivity contribution in [1.82, 2.24) is 0 Å². The Morgan fingerprint density at radius 2 is 2.64 bits per heavy atom. The van der Waals surface area contributed by atoms with Crippen molar-refractivity contribution in [3.05, 3.63) is 28.9 Å². The maximum absolute atomic E-state index is 3.66. The van der Waals surface area contributed by atoms with E-state index in [2.05, 4.69) is 24.6 Å². The molecule has 60 valence electrons. The van der Waals surface area contributed by atoms with E-state index >= 15 is 0 Å². The number of allylic oxidation sites excluding steroid dienone is 3. The van der Waals surface area contributed by atoms with Gasteiger partial charge in [-0.1, -0.05) is 18.2 Å². The average molecular weight is 166 g/mol. The Morgan fingerprint density at radius 3 is 3.09 bits per heavy atom. The van der Waals surface area contributed by atoms with Crippen molar-refractivity contribution in [2.45, 2.75) is 25.7 Å². The van der Waals surface area contributed by atoms with Crippen LogP contribution in [0.2, 0.25) is 0 Å². The third-order valence-corrected chi connectivity index (χ3v) is 2.75. The van der Waals surface area contributed by atoms with Gasteiger partial charge in [0, 0.05) is 11.3 Å². The van der Waals surface area contributed by atoms with E-state index in [1.165, 1.54) is 24.2 Å².